The fourth-order valence-electron chi connectivity index (χ4n) is 1.71. The molecule has 1 aromatic carbocycles. The van der Waals surface area contributed by atoms with Crippen LogP contribution in [-0.2, 0) is 6.54 Å². The Morgan fingerprint density at radius 3 is 2.78 bits per heavy atom. The van der Waals surface area contributed by atoms with E-state index in [0.29, 0.717) is 6.54 Å². The maximum Gasteiger partial charge on any atom is 0.251 e. The van der Waals surface area contributed by atoms with Crippen LogP contribution in [0.5, 0.6) is 0 Å². The maximum atomic E-state index is 11.7. The molecular weight excluding hydrogens is 224 g/mol. The number of benzene rings is 1. The van der Waals surface area contributed by atoms with Gasteiger partial charge in [-0.2, -0.15) is 0 Å². The van der Waals surface area contributed by atoms with Gasteiger partial charge < -0.3 is 10.6 Å². The maximum absolute atomic E-state index is 11.7. The Balaban J connectivity index is 2.46. The molecule has 1 aromatic rings. The normalized spacial score (nSPS) is 10.7. The number of hydrogen-bond donors (Lipinski definition) is 2. The lowest BCUT2D eigenvalue weighted by Gasteiger charge is -2.08. The summed E-state index contributed by atoms with van der Waals surface area (Å²) in [6.45, 7) is 8.86. The van der Waals surface area contributed by atoms with Crippen LogP contribution in [0.2, 0.25) is 0 Å². The molecule has 0 aromatic heterocycles. The van der Waals surface area contributed by atoms with Gasteiger partial charge in [-0.1, -0.05) is 26.0 Å². The Hall–Kier alpha value is -1.35. The van der Waals surface area contributed by atoms with Gasteiger partial charge in [0.1, 0.15) is 0 Å². The minimum Gasteiger partial charge on any atom is -0.352 e. The first-order valence-corrected chi connectivity index (χ1v) is 6.71. The number of hydrogen-bond acceptors (Lipinski definition) is 2. The van der Waals surface area contributed by atoms with E-state index in [1.165, 1.54) is 6.42 Å². The molecule has 0 aliphatic rings. The van der Waals surface area contributed by atoms with E-state index < -0.39 is 0 Å². The van der Waals surface area contributed by atoms with Crippen molar-refractivity contribution in [3.8, 4) is 0 Å². The molecule has 1 amide bonds. The number of carbonyl (C=O) groups is 1. The second kappa shape index (κ2) is 7.88. The van der Waals surface area contributed by atoms with Crippen molar-refractivity contribution >= 4 is 5.91 Å². The Morgan fingerprint density at radius 2 is 2.11 bits per heavy atom. The third kappa shape index (κ3) is 5.32. The zero-order valence-corrected chi connectivity index (χ0v) is 11.6. The van der Waals surface area contributed by atoms with Gasteiger partial charge in [0.15, 0.2) is 0 Å². The zero-order chi connectivity index (χ0) is 13.4. The molecule has 0 atom stereocenters. The van der Waals surface area contributed by atoms with Crippen LogP contribution in [0, 0.1) is 5.92 Å². The average molecular weight is 248 g/mol. The van der Waals surface area contributed by atoms with Crippen molar-refractivity contribution in [1.29, 1.82) is 0 Å². The molecule has 0 spiro atoms. The lowest BCUT2D eigenvalue weighted by Crippen LogP contribution is -2.23. The smallest absolute Gasteiger partial charge is 0.251 e. The molecule has 0 aliphatic carbocycles. The van der Waals surface area contributed by atoms with E-state index in [2.05, 4.69) is 24.5 Å². The summed E-state index contributed by atoms with van der Waals surface area (Å²) < 4.78 is 0. The topological polar surface area (TPSA) is 41.1 Å². The van der Waals surface area contributed by atoms with Crippen LogP contribution in [0.3, 0.4) is 0 Å². The van der Waals surface area contributed by atoms with Crippen molar-refractivity contribution in [3.05, 3.63) is 35.4 Å². The molecule has 0 aliphatic heterocycles. The van der Waals surface area contributed by atoms with Gasteiger partial charge in [-0.15, -0.1) is 0 Å². The lowest BCUT2D eigenvalue weighted by molar-refractivity contribution is 0.0955. The summed E-state index contributed by atoms with van der Waals surface area (Å²) in [4.78, 5) is 11.7. The van der Waals surface area contributed by atoms with Gasteiger partial charge in [0.25, 0.3) is 5.91 Å². The van der Waals surface area contributed by atoms with Crippen molar-refractivity contribution in [1.82, 2.24) is 10.6 Å². The largest absolute Gasteiger partial charge is 0.352 e. The van der Waals surface area contributed by atoms with Gasteiger partial charge in [0.2, 0.25) is 0 Å². The Kier molecular flexibility index (Phi) is 6.44. The fourth-order valence-corrected chi connectivity index (χ4v) is 1.71. The highest BCUT2D eigenvalue weighted by molar-refractivity contribution is 5.94. The first-order valence-electron chi connectivity index (χ1n) is 6.71. The predicted octanol–water partition coefficient (Wildman–Crippen LogP) is 2.57. The second-order valence-corrected chi connectivity index (χ2v) is 4.92. The van der Waals surface area contributed by atoms with Gasteiger partial charge in [-0.3, -0.25) is 4.79 Å². The SMILES string of the molecule is CCNC(=O)c1cccc(CNCCC(C)C)c1. The molecule has 100 valence electrons. The van der Waals surface area contributed by atoms with Gasteiger partial charge in [-0.05, 0) is 43.5 Å². The molecule has 2 N–H and O–H groups in total. The number of carbonyl (C=O) groups excluding carboxylic acids is 1. The second-order valence-electron chi connectivity index (χ2n) is 4.92. The molecule has 0 radical (unpaired) electrons. The predicted molar refractivity (Wildman–Crippen MR) is 75.6 cm³/mol. The van der Waals surface area contributed by atoms with Gasteiger partial charge in [0, 0.05) is 18.7 Å². The van der Waals surface area contributed by atoms with Crippen molar-refractivity contribution < 1.29 is 4.79 Å². The van der Waals surface area contributed by atoms with Crippen molar-refractivity contribution in [3.63, 3.8) is 0 Å². The highest BCUT2D eigenvalue weighted by Crippen LogP contribution is 2.05. The molecule has 0 saturated carbocycles. The summed E-state index contributed by atoms with van der Waals surface area (Å²) in [6.07, 6.45) is 1.18. The summed E-state index contributed by atoms with van der Waals surface area (Å²) in [7, 11) is 0. The van der Waals surface area contributed by atoms with E-state index in [9.17, 15) is 4.79 Å². The molecule has 1 rings (SSSR count). The molecule has 0 heterocycles. The Bertz CT molecular complexity index is 375. The van der Waals surface area contributed by atoms with Crippen LogP contribution >= 0.6 is 0 Å². The lowest BCUT2D eigenvalue weighted by atomic mass is 10.1. The fraction of sp³-hybridized carbons (Fsp3) is 0.533. The first-order chi connectivity index (χ1) is 8.63. The highest BCUT2D eigenvalue weighted by Gasteiger charge is 2.04. The Labute approximate surface area is 110 Å². The summed E-state index contributed by atoms with van der Waals surface area (Å²) in [5.74, 6) is 0.723. The van der Waals surface area contributed by atoms with E-state index in [-0.39, 0.29) is 5.91 Å². The van der Waals surface area contributed by atoms with E-state index in [4.69, 9.17) is 0 Å². The van der Waals surface area contributed by atoms with Crippen LogP contribution in [0.4, 0.5) is 0 Å². The quantitative estimate of drug-likeness (QED) is 0.728. The number of amides is 1. The van der Waals surface area contributed by atoms with E-state index >= 15 is 0 Å². The molecular formula is C15H24N2O. The van der Waals surface area contributed by atoms with E-state index in [1.54, 1.807) is 0 Å². The molecule has 0 bridgehead atoms. The molecule has 0 saturated heterocycles. The van der Waals surface area contributed by atoms with Crippen LogP contribution in [0.15, 0.2) is 24.3 Å². The Morgan fingerprint density at radius 1 is 1.33 bits per heavy atom. The minimum atomic E-state index is 0.00142. The van der Waals surface area contributed by atoms with Gasteiger partial charge in [-0.25, -0.2) is 0 Å². The van der Waals surface area contributed by atoms with Gasteiger partial charge in [0.05, 0.1) is 0 Å². The third-order valence-electron chi connectivity index (χ3n) is 2.75. The number of rotatable bonds is 7. The molecule has 0 fully saturated rings. The molecule has 0 unspecified atom stereocenters. The summed E-state index contributed by atoms with van der Waals surface area (Å²) >= 11 is 0. The number of nitrogens with one attached hydrogen (secondary N) is 2. The average Bonchev–Trinajstić information content (AvgIpc) is 2.35. The monoisotopic (exact) mass is 248 g/mol. The highest BCUT2D eigenvalue weighted by atomic mass is 16.1. The van der Waals surface area contributed by atoms with Gasteiger partial charge >= 0.3 is 0 Å². The first kappa shape index (κ1) is 14.7. The van der Waals surface area contributed by atoms with Crippen molar-refractivity contribution in [2.75, 3.05) is 13.1 Å². The standard InChI is InChI=1S/C15H24N2O/c1-4-17-15(18)14-7-5-6-13(10-14)11-16-9-8-12(2)3/h5-7,10,12,16H,4,8-9,11H2,1-3H3,(H,17,18). The van der Waals surface area contributed by atoms with Crippen LogP contribution in [0.25, 0.3) is 0 Å². The minimum absolute atomic E-state index is 0.00142. The molecule has 3 heteroatoms. The van der Waals surface area contributed by atoms with E-state index in [1.807, 2.05) is 31.2 Å². The summed E-state index contributed by atoms with van der Waals surface area (Å²) in [6, 6.07) is 7.78. The van der Waals surface area contributed by atoms with Crippen LogP contribution in [-0.4, -0.2) is 19.0 Å². The summed E-state index contributed by atoms with van der Waals surface area (Å²) in [5, 5.41) is 6.21. The zero-order valence-electron chi connectivity index (χ0n) is 11.6. The van der Waals surface area contributed by atoms with Crippen LogP contribution < -0.4 is 10.6 Å². The van der Waals surface area contributed by atoms with Crippen molar-refractivity contribution in [2.24, 2.45) is 5.92 Å². The molecule has 18 heavy (non-hydrogen) atoms. The van der Waals surface area contributed by atoms with Crippen molar-refractivity contribution in [2.45, 2.75) is 33.7 Å². The van der Waals surface area contributed by atoms with Crippen LogP contribution in [0.1, 0.15) is 43.1 Å². The van der Waals surface area contributed by atoms with E-state index in [0.717, 1.165) is 30.1 Å². The third-order valence-corrected chi connectivity index (χ3v) is 2.75. The summed E-state index contributed by atoms with van der Waals surface area (Å²) in [5.41, 5.74) is 1.89. The molecule has 3 nitrogen and oxygen atoms in total.